The number of amides is 1. The third-order valence-electron chi connectivity index (χ3n) is 2.11. The molecule has 0 aliphatic heterocycles. The number of nitrogens with two attached hydrogens (primary N) is 1. The molecule has 6 nitrogen and oxygen atoms in total. The van der Waals surface area contributed by atoms with Gasteiger partial charge < -0.3 is 20.9 Å². The van der Waals surface area contributed by atoms with Crippen molar-refractivity contribution in [1.29, 1.82) is 0 Å². The van der Waals surface area contributed by atoms with Gasteiger partial charge in [-0.15, -0.1) is 0 Å². The lowest BCUT2D eigenvalue weighted by atomic mass is 10.2. The van der Waals surface area contributed by atoms with E-state index in [2.05, 4.69) is 10.1 Å². The van der Waals surface area contributed by atoms with E-state index >= 15 is 0 Å². The van der Waals surface area contributed by atoms with Gasteiger partial charge in [0.05, 0.1) is 13.7 Å². The summed E-state index contributed by atoms with van der Waals surface area (Å²) in [6.07, 6.45) is -1.38. The summed E-state index contributed by atoms with van der Waals surface area (Å²) in [4.78, 5) is 22.7. The van der Waals surface area contributed by atoms with E-state index in [9.17, 15) is 14.7 Å². The van der Waals surface area contributed by atoms with E-state index in [1.165, 1.54) is 6.07 Å². The van der Waals surface area contributed by atoms with E-state index in [0.717, 1.165) is 10.7 Å². The molecule has 1 unspecified atom stereocenters. The highest BCUT2D eigenvalue weighted by atomic mass is 127. The normalized spacial score (nSPS) is 11.7. The minimum Gasteiger partial charge on any atom is -0.467 e. The quantitative estimate of drug-likeness (QED) is 0.401. The number of carbonyl (C=O) groups is 2. The number of aliphatic hydroxyl groups excluding tert-OH is 1. The van der Waals surface area contributed by atoms with E-state index in [4.69, 9.17) is 5.73 Å². The number of nitrogens with one attached hydrogen (secondary N) is 1. The predicted molar refractivity (Wildman–Crippen MR) is 73.9 cm³/mol. The highest BCUT2D eigenvalue weighted by Crippen LogP contribution is 2.13. The van der Waals surface area contributed by atoms with Crippen molar-refractivity contribution in [3.63, 3.8) is 0 Å². The number of halogens is 1. The molecule has 0 saturated carbocycles. The second kappa shape index (κ2) is 6.55. The number of ether oxygens (including phenoxy) is 1. The molecule has 0 aliphatic rings. The summed E-state index contributed by atoms with van der Waals surface area (Å²) in [7, 11) is 1.16. The van der Waals surface area contributed by atoms with Crippen molar-refractivity contribution < 1.29 is 19.4 Å². The van der Waals surface area contributed by atoms with Crippen LogP contribution in [0.1, 0.15) is 10.4 Å². The number of hydrogen-bond acceptors (Lipinski definition) is 5. The van der Waals surface area contributed by atoms with Crippen molar-refractivity contribution in [1.82, 2.24) is 5.32 Å². The van der Waals surface area contributed by atoms with Crippen molar-refractivity contribution >= 4 is 40.2 Å². The molecular weight excluding hydrogens is 351 g/mol. The number of aliphatic hydroxyl groups is 1. The highest BCUT2D eigenvalue weighted by molar-refractivity contribution is 14.1. The summed E-state index contributed by atoms with van der Waals surface area (Å²) in [5.41, 5.74) is 6.46. The molecule has 98 valence electrons. The number of nitrogen functional groups attached to an aromatic ring is 1. The largest absolute Gasteiger partial charge is 0.467 e. The van der Waals surface area contributed by atoms with Gasteiger partial charge in [0, 0.05) is 14.8 Å². The Labute approximate surface area is 118 Å². The zero-order valence-corrected chi connectivity index (χ0v) is 11.8. The van der Waals surface area contributed by atoms with Gasteiger partial charge in [0.2, 0.25) is 0 Å². The number of benzene rings is 1. The summed E-state index contributed by atoms with van der Waals surface area (Å²) in [5.74, 6) is -1.21. The Kier molecular flexibility index (Phi) is 5.35. The monoisotopic (exact) mass is 364 g/mol. The number of anilines is 1. The van der Waals surface area contributed by atoms with Crippen LogP contribution in [-0.4, -0.2) is 36.7 Å². The lowest BCUT2D eigenvalue weighted by Gasteiger charge is -2.10. The Balaban J connectivity index is 2.63. The SMILES string of the molecule is COC(=O)C(O)CNC(=O)c1cc(N)cc(I)c1. The fourth-order valence-electron chi connectivity index (χ4n) is 1.25. The Morgan fingerprint density at radius 2 is 2.17 bits per heavy atom. The molecule has 0 saturated heterocycles. The fourth-order valence-corrected chi connectivity index (χ4v) is 1.95. The number of methoxy groups -OCH3 is 1. The van der Waals surface area contributed by atoms with Crippen molar-refractivity contribution in [3.8, 4) is 0 Å². The van der Waals surface area contributed by atoms with Crippen LogP contribution in [-0.2, 0) is 9.53 Å². The lowest BCUT2D eigenvalue weighted by Crippen LogP contribution is -2.37. The molecule has 1 amide bonds. The van der Waals surface area contributed by atoms with Crippen LogP contribution in [0.3, 0.4) is 0 Å². The van der Waals surface area contributed by atoms with Gasteiger partial charge in [-0.2, -0.15) is 0 Å². The van der Waals surface area contributed by atoms with Gasteiger partial charge in [0.15, 0.2) is 6.10 Å². The van der Waals surface area contributed by atoms with Gasteiger partial charge in [-0.1, -0.05) is 0 Å². The number of rotatable bonds is 4. The molecule has 1 aromatic carbocycles. The van der Waals surface area contributed by atoms with Crippen molar-refractivity contribution in [2.45, 2.75) is 6.10 Å². The molecule has 7 heteroatoms. The van der Waals surface area contributed by atoms with Crippen LogP contribution in [0.2, 0.25) is 0 Å². The third kappa shape index (κ3) is 4.15. The number of hydrogen-bond donors (Lipinski definition) is 3. The predicted octanol–water partition coefficient (Wildman–Crippen LogP) is 0.137. The first kappa shape index (κ1) is 14.7. The molecule has 0 aromatic heterocycles. The topological polar surface area (TPSA) is 102 Å². The molecule has 0 fully saturated rings. The van der Waals surface area contributed by atoms with E-state index in [-0.39, 0.29) is 6.54 Å². The van der Waals surface area contributed by atoms with Crippen molar-refractivity contribution in [3.05, 3.63) is 27.3 Å². The average Bonchev–Trinajstić information content (AvgIpc) is 2.33. The highest BCUT2D eigenvalue weighted by Gasteiger charge is 2.16. The zero-order valence-electron chi connectivity index (χ0n) is 9.64. The molecule has 0 aliphatic carbocycles. The minimum absolute atomic E-state index is 0.211. The van der Waals surface area contributed by atoms with Crippen LogP contribution in [0, 0.1) is 3.57 Å². The molecular formula is C11H13IN2O4. The fraction of sp³-hybridized carbons (Fsp3) is 0.273. The summed E-state index contributed by atoms with van der Waals surface area (Å²) in [6, 6.07) is 4.89. The lowest BCUT2D eigenvalue weighted by molar-refractivity contribution is -0.149. The molecule has 1 aromatic rings. The third-order valence-corrected chi connectivity index (χ3v) is 2.73. The van der Waals surface area contributed by atoms with Crippen LogP contribution < -0.4 is 11.1 Å². The van der Waals surface area contributed by atoms with Gasteiger partial charge >= 0.3 is 5.97 Å². The van der Waals surface area contributed by atoms with Crippen LogP contribution in [0.25, 0.3) is 0 Å². The van der Waals surface area contributed by atoms with Gasteiger partial charge in [-0.25, -0.2) is 4.79 Å². The second-order valence-electron chi connectivity index (χ2n) is 3.52. The number of carbonyl (C=O) groups excluding carboxylic acids is 2. The second-order valence-corrected chi connectivity index (χ2v) is 4.77. The van der Waals surface area contributed by atoms with E-state index in [0.29, 0.717) is 11.3 Å². The van der Waals surface area contributed by atoms with Crippen molar-refractivity contribution in [2.24, 2.45) is 0 Å². The summed E-state index contributed by atoms with van der Waals surface area (Å²) < 4.78 is 5.15. The first-order valence-corrected chi connectivity index (χ1v) is 6.12. The zero-order chi connectivity index (χ0) is 13.7. The van der Waals surface area contributed by atoms with Crippen LogP contribution in [0.5, 0.6) is 0 Å². The smallest absolute Gasteiger partial charge is 0.336 e. The van der Waals surface area contributed by atoms with Gasteiger partial charge in [0.25, 0.3) is 5.91 Å². The first-order valence-electron chi connectivity index (χ1n) is 5.04. The molecule has 0 heterocycles. The summed E-state index contributed by atoms with van der Waals surface area (Å²) in [5, 5.41) is 11.7. The molecule has 0 radical (unpaired) electrons. The van der Waals surface area contributed by atoms with E-state index in [1.807, 2.05) is 22.6 Å². The molecule has 4 N–H and O–H groups in total. The van der Waals surface area contributed by atoms with E-state index < -0.39 is 18.0 Å². The standard InChI is InChI=1S/C11H13IN2O4/c1-18-11(17)9(15)5-14-10(16)6-2-7(12)4-8(13)3-6/h2-4,9,15H,5,13H2,1H3,(H,14,16). The number of esters is 1. The summed E-state index contributed by atoms with van der Waals surface area (Å²) in [6.45, 7) is -0.211. The minimum atomic E-state index is -1.38. The van der Waals surface area contributed by atoms with Crippen LogP contribution >= 0.6 is 22.6 Å². The maximum atomic E-state index is 11.7. The Morgan fingerprint density at radius 3 is 2.72 bits per heavy atom. The Morgan fingerprint density at radius 1 is 1.50 bits per heavy atom. The summed E-state index contributed by atoms with van der Waals surface area (Å²) >= 11 is 2.04. The average molecular weight is 364 g/mol. The van der Waals surface area contributed by atoms with Crippen LogP contribution in [0.15, 0.2) is 18.2 Å². The Hall–Kier alpha value is -1.35. The Bertz CT molecular complexity index is 444. The van der Waals surface area contributed by atoms with Gasteiger partial charge in [-0.05, 0) is 40.8 Å². The van der Waals surface area contributed by atoms with E-state index in [1.54, 1.807) is 12.1 Å². The molecule has 18 heavy (non-hydrogen) atoms. The first-order chi connectivity index (χ1) is 8.43. The van der Waals surface area contributed by atoms with Gasteiger partial charge in [0.1, 0.15) is 0 Å². The molecule has 0 bridgehead atoms. The van der Waals surface area contributed by atoms with Crippen LogP contribution in [0.4, 0.5) is 5.69 Å². The molecule has 1 atom stereocenters. The maximum Gasteiger partial charge on any atom is 0.336 e. The maximum absolute atomic E-state index is 11.7. The van der Waals surface area contributed by atoms with Crippen molar-refractivity contribution in [2.75, 3.05) is 19.4 Å². The molecule has 0 spiro atoms. The molecule has 1 rings (SSSR count). The van der Waals surface area contributed by atoms with Gasteiger partial charge in [-0.3, -0.25) is 4.79 Å².